The van der Waals surface area contributed by atoms with Gasteiger partial charge in [-0.15, -0.1) is 0 Å². The molecule has 0 atom stereocenters. The molecule has 25 heavy (non-hydrogen) atoms. The molecule has 3 rings (SSSR count). The number of aromatic amines is 1. The number of aromatic nitrogens is 1. The first-order valence-corrected chi connectivity index (χ1v) is 9.42. The van der Waals surface area contributed by atoms with Gasteiger partial charge in [0.05, 0.1) is 10.7 Å². The first kappa shape index (κ1) is 17.8. The molecule has 5 heteroatoms. The summed E-state index contributed by atoms with van der Waals surface area (Å²) in [4.78, 5) is 15.1. The molecule has 2 aromatic carbocycles. The Morgan fingerprint density at radius 2 is 2.00 bits per heavy atom. The van der Waals surface area contributed by atoms with Crippen LogP contribution in [0.25, 0.3) is 22.2 Å². The Labute approximate surface area is 161 Å². The first-order chi connectivity index (χ1) is 12.1. The standard InChI is InChI=1S/C20H21IN2O2/c1-3-19(24)22-10-9-14-15-11-18(25-2)16(21)12-17(15)23-20(14)13-7-5-4-6-8-13/h4-8,11-12,23H,3,9-10H2,1-2H3,(H,22,24). The van der Waals surface area contributed by atoms with Crippen LogP contribution in [0.3, 0.4) is 0 Å². The fraction of sp³-hybridized carbons (Fsp3) is 0.250. The molecule has 0 aliphatic heterocycles. The molecule has 0 radical (unpaired) electrons. The Morgan fingerprint density at radius 3 is 2.68 bits per heavy atom. The van der Waals surface area contributed by atoms with Crippen molar-refractivity contribution in [3.05, 3.63) is 51.6 Å². The highest BCUT2D eigenvalue weighted by atomic mass is 127. The molecule has 0 saturated carbocycles. The SMILES string of the molecule is CCC(=O)NCCc1c(-c2ccccc2)[nH]c2cc(I)c(OC)cc12. The molecule has 3 aromatic rings. The minimum Gasteiger partial charge on any atom is -0.496 e. The molecular weight excluding hydrogens is 427 g/mol. The van der Waals surface area contributed by atoms with E-state index in [-0.39, 0.29) is 5.91 Å². The average Bonchev–Trinajstić information content (AvgIpc) is 2.99. The van der Waals surface area contributed by atoms with E-state index in [1.807, 2.05) is 25.1 Å². The van der Waals surface area contributed by atoms with Gasteiger partial charge in [0.25, 0.3) is 0 Å². The van der Waals surface area contributed by atoms with Crippen LogP contribution in [0.1, 0.15) is 18.9 Å². The summed E-state index contributed by atoms with van der Waals surface area (Å²) < 4.78 is 6.56. The Balaban J connectivity index is 2.06. The fourth-order valence-electron chi connectivity index (χ4n) is 2.97. The van der Waals surface area contributed by atoms with Crippen molar-refractivity contribution in [1.82, 2.24) is 10.3 Å². The molecule has 1 aromatic heterocycles. The maximum absolute atomic E-state index is 11.6. The van der Waals surface area contributed by atoms with Crippen LogP contribution in [-0.4, -0.2) is 24.5 Å². The number of hydrogen-bond donors (Lipinski definition) is 2. The van der Waals surface area contributed by atoms with Crippen LogP contribution in [0, 0.1) is 3.57 Å². The van der Waals surface area contributed by atoms with Gasteiger partial charge in [-0.3, -0.25) is 4.79 Å². The molecule has 0 saturated heterocycles. The van der Waals surface area contributed by atoms with E-state index < -0.39 is 0 Å². The van der Waals surface area contributed by atoms with Crippen molar-refractivity contribution in [3.63, 3.8) is 0 Å². The molecule has 130 valence electrons. The van der Waals surface area contributed by atoms with Crippen LogP contribution in [0.4, 0.5) is 0 Å². The van der Waals surface area contributed by atoms with E-state index in [1.165, 1.54) is 5.56 Å². The van der Waals surface area contributed by atoms with E-state index in [2.05, 4.69) is 57.2 Å². The smallest absolute Gasteiger partial charge is 0.219 e. The third kappa shape index (κ3) is 3.81. The number of amides is 1. The number of ether oxygens (including phenoxy) is 1. The number of benzene rings is 2. The van der Waals surface area contributed by atoms with Crippen molar-refractivity contribution in [2.75, 3.05) is 13.7 Å². The number of fused-ring (bicyclic) bond motifs is 1. The predicted molar refractivity (Wildman–Crippen MR) is 110 cm³/mol. The fourth-order valence-corrected chi connectivity index (χ4v) is 3.66. The van der Waals surface area contributed by atoms with Crippen LogP contribution >= 0.6 is 22.6 Å². The van der Waals surface area contributed by atoms with E-state index in [9.17, 15) is 4.79 Å². The second-order valence-corrected chi connectivity index (χ2v) is 6.99. The number of carbonyl (C=O) groups is 1. The number of halogens is 1. The van der Waals surface area contributed by atoms with Crippen molar-refractivity contribution in [3.8, 4) is 17.0 Å². The molecule has 0 unspecified atom stereocenters. The lowest BCUT2D eigenvalue weighted by Gasteiger charge is -2.08. The van der Waals surface area contributed by atoms with Gasteiger partial charge in [-0.25, -0.2) is 0 Å². The second kappa shape index (κ2) is 7.91. The first-order valence-electron chi connectivity index (χ1n) is 8.34. The van der Waals surface area contributed by atoms with E-state index in [4.69, 9.17) is 4.74 Å². The Bertz CT molecular complexity index is 888. The summed E-state index contributed by atoms with van der Waals surface area (Å²) in [5, 5.41) is 4.11. The summed E-state index contributed by atoms with van der Waals surface area (Å²) in [5.41, 5.74) is 4.53. The minimum atomic E-state index is 0.0771. The van der Waals surface area contributed by atoms with E-state index in [0.29, 0.717) is 13.0 Å². The van der Waals surface area contributed by atoms with Gasteiger partial charge in [-0.1, -0.05) is 37.3 Å². The van der Waals surface area contributed by atoms with Gasteiger partial charge in [-0.2, -0.15) is 0 Å². The highest BCUT2D eigenvalue weighted by Crippen LogP contribution is 2.35. The van der Waals surface area contributed by atoms with Gasteiger partial charge in [0.2, 0.25) is 5.91 Å². The highest BCUT2D eigenvalue weighted by Gasteiger charge is 2.15. The summed E-state index contributed by atoms with van der Waals surface area (Å²) in [7, 11) is 1.69. The summed E-state index contributed by atoms with van der Waals surface area (Å²) in [5.74, 6) is 0.943. The Hall–Kier alpha value is -2.02. The number of methoxy groups -OCH3 is 1. The van der Waals surface area contributed by atoms with E-state index >= 15 is 0 Å². The second-order valence-electron chi connectivity index (χ2n) is 5.83. The maximum atomic E-state index is 11.6. The lowest BCUT2D eigenvalue weighted by Crippen LogP contribution is -2.24. The van der Waals surface area contributed by atoms with Gasteiger partial charge in [0, 0.05) is 29.6 Å². The monoisotopic (exact) mass is 448 g/mol. The summed E-state index contributed by atoms with van der Waals surface area (Å²) in [6, 6.07) is 14.5. The van der Waals surface area contributed by atoms with Crippen LogP contribution in [0.15, 0.2) is 42.5 Å². The molecule has 4 nitrogen and oxygen atoms in total. The average molecular weight is 448 g/mol. The van der Waals surface area contributed by atoms with Crippen LogP contribution in [0.2, 0.25) is 0 Å². The highest BCUT2D eigenvalue weighted by molar-refractivity contribution is 14.1. The van der Waals surface area contributed by atoms with Crippen LogP contribution < -0.4 is 10.1 Å². The topological polar surface area (TPSA) is 54.1 Å². The quantitative estimate of drug-likeness (QED) is 0.545. The number of hydrogen-bond acceptors (Lipinski definition) is 2. The zero-order chi connectivity index (χ0) is 17.8. The zero-order valence-electron chi connectivity index (χ0n) is 14.4. The van der Waals surface area contributed by atoms with Gasteiger partial charge in [-0.05, 0) is 52.3 Å². The summed E-state index contributed by atoms with van der Waals surface area (Å²) in [6.07, 6.45) is 1.27. The summed E-state index contributed by atoms with van der Waals surface area (Å²) >= 11 is 2.28. The van der Waals surface area contributed by atoms with Gasteiger partial charge in [0.1, 0.15) is 5.75 Å². The Kier molecular flexibility index (Phi) is 5.63. The third-order valence-electron chi connectivity index (χ3n) is 4.26. The molecule has 0 aliphatic rings. The van der Waals surface area contributed by atoms with Crippen molar-refractivity contribution in [1.29, 1.82) is 0 Å². The van der Waals surface area contributed by atoms with E-state index in [1.54, 1.807) is 7.11 Å². The predicted octanol–water partition coefficient (Wildman–Crippen LogP) is 4.52. The van der Waals surface area contributed by atoms with E-state index in [0.717, 1.165) is 37.9 Å². The largest absolute Gasteiger partial charge is 0.496 e. The molecular formula is C20H21IN2O2. The molecule has 2 N–H and O–H groups in total. The van der Waals surface area contributed by atoms with Crippen molar-refractivity contribution in [2.24, 2.45) is 0 Å². The molecule has 1 heterocycles. The van der Waals surface area contributed by atoms with Gasteiger partial charge < -0.3 is 15.0 Å². The molecule has 0 spiro atoms. The van der Waals surface area contributed by atoms with Crippen molar-refractivity contribution in [2.45, 2.75) is 19.8 Å². The molecule has 0 aliphatic carbocycles. The van der Waals surface area contributed by atoms with Gasteiger partial charge >= 0.3 is 0 Å². The summed E-state index contributed by atoms with van der Waals surface area (Å²) in [6.45, 7) is 2.48. The maximum Gasteiger partial charge on any atom is 0.219 e. The number of rotatable bonds is 6. The minimum absolute atomic E-state index is 0.0771. The lowest BCUT2D eigenvalue weighted by atomic mass is 10.0. The zero-order valence-corrected chi connectivity index (χ0v) is 16.5. The molecule has 0 bridgehead atoms. The normalized spacial score (nSPS) is 10.8. The van der Waals surface area contributed by atoms with Crippen molar-refractivity contribution >= 4 is 39.4 Å². The van der Waals surface area contributed by atoms with Crippen LogP contribution in [0.5, 0.6) is 5.75 Å². The molecule has 0 fully saturated rings. The molecule has 1 amide bonds. The van der Waals surface area contributed by atoms with Crippen molar-refractivity contribution < 1.29 is 9.53 Å². The number of carbonyl (C=O) groups excluding carboxylic acids is 1. The van der Waals surface area contributed by atoms with Crippen LogP contribution in [-0.2, 0) is 11.2 Å². The number of H-pyrrole nitrogens is 1. The Morgan fingerprint density at radius 1 is 1.24 bits per heavy atom. The third-order valence-corrected chi connectivity index (χ3v) is 5.10. The number of nitrogens with one attached hydrogen (secondary N) is 2. The van der Waals surface area contributed by atoms with Gasteiger partial charge in [0.15, 0.2) is 0 Å². The lowest BCUT2D eigenvalue weighted by molar-refractivity contribution is -0.120.